The molecule has 2 heterocycles. The molecule has 0 radical (unpaired) electrons. The van der Waals surface area contributed by atoms with Crippen LogP contribution in [-0.2, 0) is 17.8 Å². The Bertz CT molecular complexity index is 477. The molecule has 2 N–H and O–H groups in total. The van der Waals surface area contributed by atoms with Crippen molar-refractivity contribution in [2.24, 2.45) is 5.73 Å². The molecule has 0 spiro atoms. The zero-order valence-electron chi connectivity index (χ0n) is 12.4. The van der Waals surface area contributed by atoms with E-state index in [1.165, 1.54) is 0 Å². The Balaban J connectivity index is 1.59. The van der Waals surface area contributed by atoms with Crippen molar-refractivity contribution in [3.8, 4) is 0 Å². The first-order valence-electron chi connectivity index (χ1n) is 7.78. The van der Waals surface area contributed by atoms with E-state index >= 15 is 0 Å². The molecular formula is C16H24FN3O. The zero-order valence-corrected chi connectivity index (χ0v) is 12.4. The molecule has 0 bridgehead atoms. The Labute approximate surface area is 125 Å². The summed E-state index contributed by atoms with van der Waals surface area (Å²) >= 11 is 0. The number of rotatable bonds is 4. The number of morpholine rings is 1. The molecule has 2 aliphatic heterocycles. The number of nitrogens with two attached hydrogens (primary N) is 1. The van der Waals surface area contributed by atoms with Gasteiger partial charge >= 0.3 is 0 Å². The van der Waals surface area contributed by atoms with Gasteiger partial charge in [-0.3, -0.25) is 9.80 Å². The fraction of sp³-hybridized carbons (Fsp3) is 0.625. The van der Waals surface area contributed by atoms with Crippen LogP contribution in [-0.4, -0.2) is 55.2 Å². The second kappa shape index (κ2) is 6.83. The second-order valence-corrected chi connectivity index (χ2v) is 5.92. The van der Waals surface area contributed by atoms with Crippen LogP contribution in [0.2, 0.25) is 0 Å². The van der Waals surface area contributed by atoms with Crippen LogP contribution in [0.1, 0.15) is 17.5 Å². The van der Waals surface area contributed by atoms with Gasteiger partial charge in [0.25, 0.3) is 0 Å². The van der Waals surface area contributed by atoms with E-state index in [4.69, 9.17) is 10.5 Å². The molecule has 21 heavy (non-hydrogen) atoms. The number of ether oxygens (including phenoxy) is 1. The number of hydrogen-bond acceptors (Lipinski definition) is 4. The molecule has 1 aromatic carbocycles. The number of likely N-dealkylation sites (tertiary alicyclic amines) is 1. The van der Waals surface area contributed by atoms with Gasteiger partial charge < -0.3 is 10.5 Å². The zero-order chi connectivity index (χ0) is 14.7. The molecule has 0 aromatic heterocycles. The van der Waals surface area contributed by atoms with Gasteiger partial charge in [0.2, 0.25) is 0 Å². The highest BCUT2D eigenvalue weighted by Crippen LogP contribution is 2.21. The summed E-state index contributed by atoms with van der Waals surface area (Å²) in [7, 11) is 0. The summed E-state index contributed by atoms with van der Waals surface area (Å²) in [4.78, 5) is 4.86. The summed E-state index contributed by atoms with van der Waals surface area (Å²) in [6.07, 6.45) is 1.16. The van der Waals surface area contributed by atoms with Crippen LogP contribution in [0.3, 0.4) is 0 Å². The second-order valence-electron chi connectivity index (χ2n) is 5.92. The molecule has 3 rings (SSSR count). The Morgan fingerprint density at radius 2 is 1.95 bits per heavy atom. The third-order valence-electron chi connectivity index (χ3n) is 4.58. The standard InChI is InChI=1S/C16H24FN3O/c17-16-13(10-18)2-1-3-14(16)11-19-5-4-15(12-19)20-6-8-21-9-7-20/h1-3,15H,4-12,18H2. The average Bonchev–Trinajstić information content (AvgIpc) is 2.99. The third kappa shape index (κ3) is 3.43. The predicted molar refractivity (Wildman–Crippen MR) is 80.4 cm³/mol. The molecule has 2 saturated heterocycles. The maximum atomic E-state index is 14.2. The molecule has 0 saturated carbocycles. The van der Waals surface area contributed by atoms with Crippen LogP contribution in [0.15, 0.2) is 18.2 Å². The van der Waals surface area contributed by atoms with Crippen LogP contribution in [0.25, 0.3) is 0 Å². The Morgan fingerprint density at radius 3 is 2.71 bits per heavy atom. The highest BCUT2D eigenvalue weighted by molar-refractivity contribution is 5.26. The van der Waals surface area contributed by atoms with Gasteiger partial charge in [-0.15, -0.1) is 0 Å². The molecule has 2 fully saturated rings. The van der Waals surface area contributed by atoms with Crippen LogP contribution >= 0.6 is 0 Å². The predicted octanol–water partition coefficient (Wildman–Crippen LogP) is 1.19. The Kier molecular flexibility index (Phi) is 4.85. The highest BCUT2D eigenvalue weighted by atomic mass is 19.1. The monoisotopic (exact) mass is 293 g/mol. The summed E-state index contributed by atoms with van der Waals surface area (Å²) < 4.78 is 19.7. The number of benzene rings is 1. The van der Waals surface area contributed by atoms with Crippen molar-refractivity contribution < 1.29 is 9.13 Å². The van der Waals surface area contributed by atoms with Crippen molar-refractivity contribution in [3.63, 3.8) is 0 Å². The number of halogens is 1. The normalized spacial score (nSPS) is 24.6. The smallest absolute Gasteiger partial charge is 0.132 e. The van der Waals surface area contributed by atoms with Crippen molar-refractivity contribution in [3.05, 3.63) is 35.1 Å². The highest BCUT2D eigenvalue weighted by Gasteiger charge is 2.29. The first-order chi connectivity index (χ1) is 10.3. The Morgan fingerprint density at radius 1 is 1.19 bits per heavy atom. The van der Waals surface area contributed by atoms with Crippen molar-refractivity contribution in [2.75, 3.05) is 39.4 Å². The minimum absolute atomic E-state index is 0.130. The molecule has 0 aliphatic carbocycles. The number of nitrogens with zero attached hydrogens (tertiary/aromatic N) is 2. The van der Waals surface area contributed by atoms with Crippen molar-refractivity contribution in [2.45, 2.75) is 25.6 Å². The van der Waals surface area contributed by atoms with Gasteiger partial charge in [-0.1, -0.05) is 18.2 Å². The summed E-state index contributed by atoms with van der Waals surface area (Å²) in [5, 5.41) is 0. The summed E-state index contributed by atoms with van der Waals surface area (Å²) in [5.74, 6) is -0.130. The fourth-order valence-electron chi connectivity index (χ4n) is 3.35. The molecular weight excluding hydrogens is 269 g/mol. The van der Waals surface area contributed by atoms with E-state index in [1.807, 2.05) is 12.1 Å². The van der Waals surface area contributed by atoms with E-state index in [-0.39, 0.29) is 12.4 Å². The quantitative estimate of drug-likeness (QED) is 0.905. The van der Waals surface area contributed by atoms with Crippen LogP contribution in [0, 0.1) is 5.82 Å². The first-order valence-corrected chi connectivity index (χ1v) is 7.78. The van der Waals surface area contributed by atoms with Crippen LogP contribution in [0.4, 0.5) is 4.39 Å². The van der Waals surface area contributed by atoms with Gasteiger partial charge in [0.1, 0.15) is 5.82 Å². The summed E-state index contributed by atoms with van der Waals surface area (Å²) in [6.45, 7) is 6.72. The maximum absolute atomic E-state index is 14.2. The molecule has 5 heteroatoms. The van der Waals surface area contributed by atoms with E-state index in [0.29, 0.717) is 18.2 Å². The van der Waals surface area contributed by atoms with E-state index < -0.39 is 0 Å². The van der Waals surface area contributed by atoms with Gasteiger partial charge in [0.05, 0.1) is 13.2 Å². The minimum Gasteiger partial charge on any atom is -0.379 e. The van der Waals surface area contributed by atoms with Gasteiger partial charge in [0.15, 0.2) is 0 Å². The van der Waals surface area contributed by atoms with E-state index in [0.717, 1.165) is 51.4 Å². The lowest BCUT2D eigenvalue weighted by Gasteiger charge is -2.32. The number of hydrogen-bond donors (Lipinski definition) is 1. The third-order valence-corrected chi connectivity index (χ3v) is 4.58. The van der Waals surface area contributed by atoms with Crippen molar-refractivity contribution in [1.82, 2.24) is 9.80 Å². The van der Waals surface area contributed by atoms with Gasteiger partial charge in [-0.2, -0.15) is 0 Å². The van der Waals surface area contributed by atoms with E-state index in [2.05, 4.69) is 9.80 Å². The van der Waals surface area contributed by atoms with Crippen molar-refractivity contribution in [1.29, 1.82) is 0 Å². The van der Waals surface area contributed by atoms with E-state index in [9.17, 15) is 4.39 Å². The lowest BCUT2D eigenvalue weighted by molar-refractivity contribution is 0.0183. The summed E-state index contributed by atoms with van der Waals surface area (Å²) in [6, 6.07) is 6.13. The van der Waals surface area contributed by atoms with Crippen molar-refractivity contribution >= 4 is 0 Å². The van der Waals surface area contributed by atoms with Gasteiger partial charge in [0, 0.05) is 56.4 Å². The van der Waals surface area contributed by atoms with Gasteiger partial charge in [-0.05, 0) is 6.42 Å². The molecule has 4 nitrogen and oxygen atoms in total. The molecule has 1 atom stereocenters. The lowest BCUT2D eigenvalue weighted by Crippen LogP contribution is -2.44. The van der Waals surface area contributed by atoms with Crippen LogP contribution in [0.5, 0.6) is 0 Å². The van der Waals surface area contributed by atoms with Crippen LogP contribution < -0.4 is 5.73 Å². The van der Waals surface area contributed by atoms with E-state index in [1.54, 1.807) is 6.07 Å². The SMILES string of the molecule is NCc1cccc(CN2CCC(N3CCOCC3)C2)c1F. The lowest BCUT2D eigenvalue weighted by atomic mass is 10.1. The minimum atomic E-state index is -0.130. The maximum Gasteiger partial charge on any atom is 0.132 e. The largest absolute Gasteiger partial charge is 0.379 e. The molecule has 1 unspecified atom stereocenters. The molecule has 0 amide bonds. The first kappa shape index (κ1) is 14.9. The molecule has 116 valence electrons. The van der Waals surface area contributed by atoms with Gasteiger partial charge in [-0.25, -0.2) is 4.39 Å². The molecule has 1 aromatic rings. The summed E-state index contributed by atoms with van der Waals surface area (Å²) in [5.41, 5.74) is 6.95. The fourth-order valence-corrected chi connectivity index (χ4v) is 3.35. The Hall–Kier alpha value is -1.01. The topological polar surface area (TPSA) is 41.7 Å². The average molecular weight is 293 g/mol. The molecule has 2 aliphatic rings.